The van der Waals surface area contributed by atoms with Crippen molar-refractivity contribution in [1.82, 2.24) is 5.43 Å². The molecule has 0 spiro atoms. The highest BCUT2D eigenvalue weighted by atomic mass is 79.9. The molecule has 3 N–H and O–H groups in total. The summed E-state index contributed by atoms with van der Waals surface area (Å²) in [5.74, 6) is 5.58. The molecule has 0 aromatic heterocycles. The number of hydrogen-bond donors (Lipinski definition) is 2. The first-order valence-electron chi connectivity index (χ1n) is 5.41. The van der Waals surface area contributed by atoms with Gasteiger partial charge in [-0.2, -0.15) is 0 Å². The molecule has 0 amide bonds. The minimum Gasteiger partial charge on any atom is -0.271 e. The summed E-state index contributed by atoms with van der Waals surface area (Å²) >= 11 is 3.54. The average molecular weight is 283 g/mol. The van der Waals surface area contributed by atoms with Crippen LogP contribution in [0, 0.1) is 6.92 Å². The van der Waals surface area contributed by atoms with E-state index in [-0.39, 0.29) is 6.04 Å². The molecule has 1 atom stereocenters. The molecule has 0 heterocycles. The number of halogens is 1. The second-order valence-corrected chi connectivity index (χ2v) is 5.08. The Morgan fingerprint density at radius 1 is 1.56 bits per heavy atom. The van der Waals surface area contributed by atoms with Crippen molar-refractivity contribution in [2.24, 2.45) is 5.84 Å². The minimum absolute atomic E-state index is 0.189. The smallest absolute Gasteiger partial charge is 0.0463 e. The lowest BCUT2D eigenvalue weighted by molar-refractivity contribution is 0.515. The summed E-state index contributed by atoms with van der Waals surface area (Å²) in [6, 6.07) is 6.53. The lowest BCUT2D eigenvalue weighted by Gasteiger charge is -2.17. The molecule has 0 radical (unpaired) electrons. The number of allylic oxidation sites excluding steroid dienone is 1. The molecule has 16 heavy (non-hydrogen) atoms. The van der Waals surface area contributed by atoms with E-state index in [0.717, 1.165) is 17.3 Å². The van der Waals surface area contributed by atoms with E-state index in [0.29, 0.717) is 0 Å². The molecule has 88 valence electrons. The topological polar surface area (TPSA) is 38.0 Å². The van der Waals surface area contributed by atoms with Crippen molar-refractivity contribution in [3.8, 4) is 0 Å². The van der Waals surface area contributed by atoms with Crippen LogP contribution in [-0.2, 0) is 0 Å². The number of aryl methyl sites for hydroxylation is 1. The summed E-state index contributed by atoms with van der Waals surface area (Å²) < 4.78 is 1.13. The molecule has 1 aromatic rings. The fraction of sp³-hybridized carbons (Fsp3) is 0.385. The third kappa shape index (κ3) is 3.74. The summed E-state index contributed by atoms with van der Waals surface area (Å²) in [5, 5.41) is 0. The standard InChI is InChI=1S/C13H19BrN2/c1-9(2)4-7-13(16-15)11-6-5-10(3)12(14)8-11/h5-6,8,13,16H,1,4,7,15H2,2-3H3. The van der Waals surface area contributed by atoms with E-state index in [1.54, 1.807) is 0 Å². The monoisotopic (exact) mass is 282 g/mol. The number of hydrazine groups is 1. The zero-order valence-electron chi connectivity index (χ0n) is 9.89. The Bertz CT molecular complexity index is 374. The molecular formula is C13H19BrN2. The predicted octanol–water partition coefficient (Wildman–Crippen LogP) is 3.62. The van der Waals surface area contributed by atoms with Crippen LogP contribution in [0.25, 0.3) is 0 Å². The molecule has 1 rings (SSSR count). The van der Waals surface area contributed by atoms with Crippen molar-refractivity contribution in [2.75, 3.05) is 0 Å². The van der Waals surface area contributed by atoms with Crippen LogP contribution in [0.3, 0.4) is 0 Å². The first kappa shape index (κ1) is 13.4. The van der Waals surface area contributed by atoms with Gasteiger partial charge in [-0.25, -0.2) is 0 Å². The second-order valence-electron chi connectivity index (χ2n) is 4.22. The Hall–Kier alpha value is -0.640. The second kappa shape index (κ2) is 6.18. The van der Waals surface area contributed by atoms with Crippen LogP contribution in [0.4, 0.5) is 0 Å². The molecular weight excluding hydrogens is 264 g/mol. The van der Waals surface area contributed by atoms with Gasteiger partial charge in [-0.1, -0.05) is 33.6 Å². The van der Waals surface area contributed by atoms with E-state index in [9.17, 15) is 0 Å². The fourth-order valence-corrected chi connectivity index (χ4v) is 1.96. The largest absolute Gasteiger partial charge is 0.271 e. The van der Waals surface area contributed by atoms with Gasteiger partial charge in [-0.3, -0.25) is 11.3 Å². The van der Waals surface area contributed by atoms with Crippen molar-refractivity contribution >= 4 is 15.9 Å². The SMILES string of the molecule is C=C(C)CCC(NN)c1ccc(C)c(Br)c1. The van der Waals surface area contributed by atoms with Gasteiger partial charge in [0.15, 0.2) is 0 Å². The molecule has 0 aliphatic heterocycles. The van der Waals surface area contributed by atoms with Gasteiger partial charge in [0.2, 0.25) is 0 Å². The molecule has 0 saturated heterocycles. The third-order valence-corrected chi connectivity index (χ3v) is 3.51. The summed E-state index contributed by atoms with van der Waals surface area (Å²) in [6.07, 6.45) is 1.96. The van der Waals surface area contributed by atoms with E-state index in [4.69, 9.17) is 5.84 Å². The van der Waals surface area contributed by atoms with E-state index in [1.165, 1.54) is 16.7 Å². The Balaban J connectivity index is 2.78. The summed E-state index contributed by atoms with van der Waals surface area (Å²) in [5.41, 5.74) is 6.49. The molecule has 0 aliphatic rings. The zero-order valence-corrected chi connectivity index (χ0v) is 11.5. The fourth-order valence-electron chi connectivity index (χ4n) is 1.56. The highest BCUT2D eigenvalue weighted by molar-refractivity contribution is 9.10. The number of benzene rings is 1. The molecule has 0 saturated carbocycles. The summed E-state index contributed by atoms with van der Waals surface area (Å²) in [4.78, 5) is 0. The van der Waals surface area contributed by atoms with Crippen molar-refractivity contribution < 1.29 is 0 Å². The van der Waals surface area contributed by atoms with Gasteiger partial charge in [-0.05, 0) is 43.9 Å². The Kier molecular flexibility index (Phi) is 5.19. The molecule has 0 fully saturated rings. The normalized spacial score (nSPS) is 12.5. The average Bonchev–Trinajstić information content (AvgIpc) is 2.23. The van der Waals surface area contributed by atoms with E-state index >= 15 is 0 Å². The van der Waals surface area contributed by atoms with Crippen LogP contribution in [-0.4, -0.2) is 0 Å². The van der Waals surface area contributed by atoms with Gasteiger partial charge >= 0.3 is 0 Å². The highest BCUT2D eigenvalue weighted by Crippen LogP contribution is 2.24. The van der Waals surface area contributed by atoms with Crippen LogP contribution in [0.2, 0.25) is 0 Å². The Morgan fingerprint density at radius 3 is 2.75 bits per heavy atom. The van der Waals surface area contributed by atoms with Crippen LogP contribution >= 0.6 is 15.9 Å². The van der Waals surface area contributed by atoms with Crippen molar-refractivity contribution in [1.29, 1.82) is 0 Å². The van der Waals surface area contributed by atoms with E-state index in [2.05, 4.69) is 53.1 Å². The Morgan fingerprint density at radius 2 is 2.25 bits per heavy atom. The molecule has 0 bridgehead atoms. The van der Waals surface area contributed by atoms with Gasteiger partial charge in [0.1, 0.15) is 0 Å². The van der Waals surface area contributed by atoms with E-state index < -0.39 is 0 Å². The van der Waals surface area contributed by atoms with Crippen molar-refractivity contribution in [3.63, 3.8) is 0 Å². The van der Waals surface area contributed by atoms with Gasteiger partial charge in [-0.15, -0.1) is 6.58 Å². The van der Waals surface area contributed by atoms with Gasteiger partial charge < -0.3 is 0 Å². The number of nitrogens with two attached hydrogens (primary N) is 1. The van der Waals surface area contributed by atoms with Crippen LogP contribution in [0.5, 0.6) is 0 Å². The van der Waals surface area contributed by atoms with Crippen LogP contribution < -0.4 is 11.3 Å². The highest BCUT2D eigenvalue weighted by Gasteiger charge is 2.10. The zero-order chi connectivity index (χ0) is 12.1. The maximum atomic E-state index is 5.58. The predicted molar refractivity (Wildman–Crippen MR) is 73.0 cm³/mol. The Labute approximate surface area is 106 Å². The maximum absolute atomic E-state index is 5.58. The summed E-state index contributed by atoms with van der Waals surface area (Å²) in [6.45, 7) is 8.03. The van der Waals surface area contributed by atoms with E-state index in [1.807, 2.05) is 6.92 Å². The number of rotatable bonds is 5. The van der Waals surface area contributed by atoms with Crippen molar-refractivity contribution in [3.05, 3.63) is 46.0 Å². The van der Waals surface area contributed by atoms with Crippen molar-refractivity contribution in [2.45, 2.75) is 32.7 Å². The molecule has 0 aliphatic carbocycles. The first-order valence-corrected chi connectivity index (χ1v) is 6.20. The summed E-state index contributed by atoms with van der Waals surface area (Å²) in [7, 11) is 0. The van der Waals surface area contributed by atoms with Crippen LogP contribution in [0.1, 0.15) is 36.9 Å². The van der Waals surface area contributed by atoms with Crippen LogP contribution in [0.15, 0.2) is 34.8 Å². The minimum atomic E-state index is 0.189. The quantitative estimate of drug-likeness (QED) is 0.492. The lowest BCUT2D eigenvalue weighted by Crippen LogP contribution is -2.28. The van der Waals surface area contributed by atoms with Gasteiger partial charge in [0.25, 0.3) is 0 Å². The third-order valence-electron chi connectivity index (χ3n) is 2.66. The van der Waals surface area contributed by atoms with Gasteiger partial charge in [0, 0.05) is 10.5 Å². The molecule has 1 unspecified atom stereocenters. The number of nitrogens with one attached hydrogen (secondary N) is 1. The molecule has 3 heteroatoms. The maximum Gasteiger partial charge on any atom is 0.0463 e. The lowest BCUT2D eigenvalue weighted by atomic mass is 9.99. The molecule has 1 aromatic carbocycles. The number of hydrogen-bond acceptors (Lipinski definition) is 2. The van der Waals surface area contributed by atoms with Gasteiger partial charge in [0.05, 0.1) is 0 Å². The molecule has 2 nitrogen and oxygen atoms in total. The first-order chi connectivity index (χ1) is 7.54.